The molecule has 6 nitrogen and oxygen atoms in total. The maximum Gasteiger partial charge on any atom is 0.342 e. The molecule has 2 N–H and O–H groups in total. The molecule has 0 aliphatic rings. The maximum absolute atomic E-state index is 12.4. The zero-order valence-corrected chi connectivity index (χ0v) is 14.9. The van der Waals surface area contributed by atoms with Crippen molar-refractivity contribution in [3.05, 3.63) is 66.2 Å². The van der Waals surface area contributed by atoms with Crippen molar-refractivity contribution in [1.29, 1.82) is 0 Å². The van der Waals surface area contributed by atoms with Gasteiger partial charge in [0.15, 0.2) is 6.10 Å². The summed E-state index contributed by atoms with van der Waals surface area (Å²) in [7, 11) is 1.53. The molecule has 138 valence electrons. The molecule has 3 rings (SSSR count). The lowest BCUT2D eigenvalue weighted by atomic mass is 10.1. The van der Waals surface area contributed by atoms with E-state index in [9.17, 15) is 14.7 Å². The van der Waals surface area contributed by atoms with E-state index in [0.717, 1.165) is 5.39 Å². The largest absolute Gasteiger partial charge is 0.506 e. The van der Waals surface area contributed by atoms with E-state index in [2.05, 4.69) is 5.32 Å². The number of amides is 1. The number of benzene rings is 3. The molecule has 6 heteroatoms. The van der Waals surface area contributed by atoms with Gasteiger partial charge in [-0.25, -0.2) is 4.79 Å². The van der Waals surface area contributed by atoms with Crippen molar-refractivity contribution in [2.75, 3.05) is 12.4 Å². The van der Waals surface area contributed by atoms with Gasteiger partial charge in [-0.1, -0.05) is 36.4 Å². The van der Waals surface area contributed by atoms with Crippen LogP contribution in [0.15, 0.2) is 60.7 Å². The molecule has 3 aromatic carbocycles. The second-order valence-corrected chi connectivity index (χ2v) is 5.95. The number of hydrogen-bond donors (Lipinski definition) is 2. The Balaban J connectivity index is 1.71. The number of hydrogen-bond acceptors (Lipinski definition) is 5. The highest BCUT2D eigenvalue weighted by Gasteiger charge is 2.22. The van der Waals surface area contributed by atoms with Gasteiger partial charge in [-0.3, -0.25) is 4.79 Å². The van der Waals surface area contributed by atoms with Crippen LogP contribution in [0.1, 0.15) is 17.3 Å². The van der Waals surface area contributed by atoms with E-state index in [1.54, 1.807) is 42.5 Å². The number of phenols is 1. The number of carbonyl (C=O) groups excluding carboxylic acids is 2. The van der Waals surface area contributed by atoms with Crippen LogP contribution in [0.25, 0.3) is 10.8 Å². The molecule has 0 saturated heterocycles. The molecular weight excluding hydrogens is 346 g/mol. The molecule has 0 radical (unpaired) electrons. The first-order chi connectivity index (χ1) is 13.0. The maximum atomic E-state index is 12.4. The Hall–Kier alpha value is -3.54. The van der Waals surface area contributed by atoms with Gasteiger partial charge in [0.1, 0.15) is 17.1 Å². The Morgan fingerprint density at radius 1 is 1.04 bits per heavy atom. The molecule has 27 heavy (non-hydrogen) atoms. The number of nitrogens with one attached hydrogen (secondary N) is 1. The lowest BCUT2D eigenvalue weighted by Gasteiger charge is -2.15. The van der Waals surface area contributed by atoms with Gasteiger partial charge in [0.2, 0.25) is 0 Å². The number of phenolic OH excluding ortho intramolecular Hbond substituents is 1. The minimum Gasteiger partial charge on any atom is -0.506 e. The van der Waals surface area contributed by atoms with Crippen molar-refractivity contribution < 1.29 is 24.2 Å². The molecule has 0 aliphatic carbocycles. The van der Waals surface area contributed by atoms with E-state index in [-0.39, 0.29) is 11.3 Å². The van der Waals surface area contributed by atoms with E-state index in [1.165, 1.54) is 20.1 Å². The predicted octanol–water partition coefficient (Wildman–Crippen LogP) is 3.74. The third kappa shape index (κ3) is 4.00. The number of aromatic hydroxyl groups is 1. The number of esters is 1. The van der Waals surface area contributed by atoms with Crippen molar-refractivity contribution in [3.8, 4) is 11.5 Å². The summed E-state index contributed by atoms with van der Waals surface area (Å²) in [5.41, 5.74) is 0.533. The summed E-state index contributed by atoms with van der Waals surface area (Å²) in [6, 6.07) is 17.2. The molecule has 0 saturated carbocycles. The number of ether oxygens (including phenoxy) is 2. The summed E-state index contributed by atoms with van der Waals surface area (Å²) in [6.45, 7) is 1.46. The Kier molecular flexibility index (Phi) is 5.26. The van der Waals surface area contributed by atoms with Crippen LogP contribution in [0.4, 0.5) is 5.69 Å². The highest BCUT2D eigenvalue weighted by molar-refractivity contribution is 6.02. The van der Waals surface area contributed by atoms with Gasteiger partial charge in [0.25, 0.3) is 5.91 Å². The van der Waals surface area contributed by atoms with E-state index < -0.39 is 18.0 Å². The molecule has 0 unspecified atom stereocenters. The summed E-state index contributed by atoms with van der Waals surface area (Å²) < 4.78 is 10.3. The average molecular weight is 365 g/mol. The van der Waals surface area contributed by atoms with Gasteiger partial charge in [-0.05, 0) is 30.5 Å². The Labute approximate surface area is 156 Å². The molecule has 0 fully saturated rings. The molecule has 0 bridgehead atoms. The van der Waals surface area contributed by atoms with Crippen LogP contribution in [-0.4, -0.2) is 30.2 Å². The van der Waals surface area contributed by atoms with Crippen molar-refractivity contribution in [2.45, 2.75) is 13.0 Å². The van der Waals surface area contributed by atoms with Crippen LogP contribution in [-0.2, 0) is 9.53 Å². The summed E-state index contributed by atoms with van der Waals surface area (Å²) in [5.74, 6) is -0.833. The normalized spacial score (nSPS) is 11.6. The average Bonchev–Trinajstić information content (AvgIpc) is 2.68. The predicted molar refractivity (Wildman–Crippen MR) is 102 cm³/mol. The summed E-state index contributed by atoms with van der Waals surface area (Å²) >= 11 is 0. The number of carbonyl (C=O) groups is 2. The van der Waals surface area contributed by atoms with E-state index in [1.807, 2.05) is 12.1 Å². The van der Waals surface area contributed by atoms with Crippen LogP contribution in [0, 0.1) is 0 Å². The number of methoxy groups -OCH3 is 1. The number of fused-ring (bicyclic) bond motifs is 1. The van der Waals surface area contributed by atoms with Crippen molar-refractivity contribution in [2.24, 2.45) is 0 Å². The van der Waals surface area contributed by atoms with Crippen molar-refractivity contribution >= 4 is 28.3 Å². The van der Waals surface area contributed by atoms with Gasteiger partial charge >= 0.3 is 5.97 Å². The molecule has 1 amide bonds. The molecule has 3 aromatic rings. The molecule has 0 spiro atoms. The van der Waals surface area contributed by atoms with Gasteiger partial charge < -0.3 is 19.9 Å². The molecule has 0 heterocycles. The highest BCUT2D eigenvalue weighted by Crippen LogP contribution is 2.29. The lowest BCUT2D eigenvalue weighted by molar-refractivity contribution is -0.123. The Morgan fingerprint density at radius 3 is 2.59 bits per heavy atom. The smallest absolute Gasteiger partial charge is 0.342 e. The second kappa shape index (κ2) is 7.78. The first kappa shape index (κ1) is 18.3. The SMILES string of the molecule is COc1cccc(NC(=O)[C@H](C)OC(=O)c2ccc3ccccc3c2O)c1. The minimum absolute atomic E-state index is 0.00901. The third-order valence-electron chi connectivity index (χ3n) is 4.11. The fourth-order valence-corrected chi connectivity index (χ4v) is 2.64. The zero-order chi connectivity index (χ0) is 19.4. The van der Waals surface area contributed by atoms with E-state index in [4.69, 9.17) is 9.47 Å². The number of anilines is 1. The topological polar surface area (TPSA) is 84.9 Å². The quantitative estimate of drug-likeness (QED) is 0.673. The van der Waals surface area contributed by atoms with Gasteiger partial charge in [-0.15, -0.1) is 0 Å². The van der Waals surface area contributed by atoms with Crippen LogP contribution in [0.2, 0.25) is 0 Å². The van der Waals surface area contributed by atoms with E-state index >= 15 is 0 Å². The van der Waals surface area contributed by atoms with E-state index in [0.29, 0.717) is 16.8 Å². The second-order valence-electron chi connectivity index (χ2n) is 5.95. The molecule has 0 aromatic heterocycles. The first-order valence-electron chi connectivity index (χ1n) is 8.36. The lowest BCUT2D eigenvalue weighted by Crippen LogP contribution is -2.30. The monoisotopic (exact) mass is 365 g/mol. The fraction of sp³-hybridized carbons (Fsp3) is 0.143. The summed E-state index contributed by atoms with van der Waals surface area (Å²) in [5, 5.41) is 14.4. The van der Waals surface area contributed by atoms with Gasteiger partial charge in [-0.2, -0.15) is 0 Å². The Morgan fingerprint density at radius 2 is 1.81 bits per heavy atom. The number of rotatable bonds is 5. The van der Waals surface area contributed by atoms with Gasteiger partial charge in [0.05, 0.1) is 7.11 Å². The zero-order valence-electron chi connectivity index (χ0n) is 14.9. The first-order valence-corrected chi connectivity index (χ1v) is 8.36. The Bertz CT molecular complexity index is 999. The fourth-order valence-electron chi connectivity index (χ4n) is 2.64. The third-order valence-corrected chi connectivity index (χ3v) is 4.11. The minimum atomic E-state index is -1.05. The van der Waals surface area contributed by atoms with Crippen molar-refractivity contribution in [3.63, 3.8) is 0 Å². The molecular formula is C21H19NO5. The summed E-state index contributed by atoms with van der Waals surface area (Å²) in [4.78, 5) is 24.7. The molecule has 1 atom stereocenters. The molecule has 0 aliphatic heterocycles. The standard InChI is InChI=1S/C21H19NO5/c1-13(20(24)22-15-7-5-8-16(12-15)26-2)27-21(25)18-11-10-14-6-3-4-9-17(14)19(18)23/h3-13,23H,1-2H3,(H,22,24)/t13-/m0/s1. The van der Waals surface area contributed by atoms with Crippen LogP contribution in [0.5, 0.6) is 11.5 Å². The van der Waals surface area contributed by atoms with Crippen molar-refractivity contribution in [1.82, 2.24) is 0 Å². The van der Waals surface area contributed by atoms with Gasteiger partial charge in [0, 0.05) is 17.1 Å². The summed E-state index contributed by atoms with van der Waals surface area (Å²) in [6.07, 6.45) is -1.05. The van der Waals surface area contributed by atoms with Crippen LogP contribution >= 0.6 is 0 Å². The van der Waals surface area contributed by atoms with Crippen LogP contribution in [0.3, 0.4) is 0 Å². The van der Waals surface area contributed by atoms with Crippen LogP contribution < -0.4 is 10.1 Å². The highest BCUT2D eigenvalue weighted by atomic mass is 16.5.